The van der Waals surface area contributed by atoms with E-state index in [1.54, 1.807) is 0 Å². The predicted molar refractivity (Wildman–Crippen MR) is 98.9 cm³/mol. The lowest BCUT2D eigenvalue weighted by atomic mass is 9.92. The van der Waals surface area contributed by atoms with Crippen LogP contribution in [0.2, 0.25) is 0 Å². The third kappa shape index (κ3) is 2.65. The maximum absolute atomic E-state index is 8.70. The zero-order chi connectivity index (χ0) is 17.6. The number of hydrogen-bond donors (Lipinski definition) is 0. The highest BCUT2D eigenvalue weighted by Gasteiger charge is 2.21. The van der Waals surface area contributed by atoms with Gasteiger partial charge in [-0.15, -0.1) is 0 Å². The maximum atomic E-state index is 8.70. The van der Waals surface area contributed by atoms with Gasteiger partial charge in [-0.2, -0.15) is 4.57 Å². The quantitative estimate of drug-likeness (QED) is 0.560. The Kier molecular flexibility index (Phi) is 3.65. The van der Waals surface area contributed by atoms with Gasteiger partial charge in [0.25, 0.3) is 0 Å². The molecule has 1 aromatic heterocycles. The molecule has 1 heteroatoms. The van der Waals surface area contributed by atoms with Gasteiger partial charge in [-0.25, -0.2) is 0 Å². The highest BCUT2D eigenvalue weighted by Crippen LogP contribution is 2.33. The lowest BCUT2D eigenvalue weighted by Crippen LogP contribution is -2.35. The summed E-state index contributed by atoms with van der Waals surface area (Å²) in [6, 6.07) is 13.7. The molecule has 0 fully saturated rings. The van der Waals surface area contributed by atoms with Crippen LogP contribution in [0.1, 0.15) is 43.5 Å². The first-order valence-corrected chi connectivity index (χ1v) is 8.32. The molecule has 0 unspecified atom stereocenters. The van der Waals surface area contributed by atoms with Crippen LogP contribution in [-0.2, 0) is 7.05 Å². The fourth-order valence-electron chi connectivity index (χ4n) is 3.32. The number of fused-ring (bicyclic) bond motifs is 1. The Hall–Kier alpha value is -2.15. The molecule has 0 aliphatic heterocycles. The highest BCUT2D eigenvalue weighted by atomic mass is 14.9. The first-order valence-electron chi connectivity index (χ1n) is 8.82. The Labute approximate surface area is 141 Å². The van der Waals surface area contributed by atoms with Crippen molar-refractivity contribution in [1.29, 1.82) is 0 Å². The van der Waals surface area contributed by atoms with Crippen molar-refractivity contribution in [3.05, 3.63) is 64.8 Å². The number of benzene rings is 2. The van der Waals surface area contributed by atoms with Crippen molar-refractivity contribution < 1.29 is 5.94 Å². The predicted octanol–water partition coefficient (Wildman–Crippen LogP) is 5.38. The summed E-state index contributed by atoms with van der Waals surface area (Å²) in [5.74, 6) is 0.399. The van der Waals surface area contributed by atoms with Gasteiger partial charge in [0.1, 0.15) is 7.05 Å². The van der Waals surface area contributed by atoms with Crippen LogP contribution >= 0.6 is 0 Å². The third-order valence-corrected chi connectivity index (χ3v) is 4.77. The second-order valence-electron chi connectivity index (χ2n) is 6.86. The number of rotatable bonds is 2. The Bertz CT molecular complexity index is 939. The maximum Gasteiger partial charge on any atom is 0.220 e. The lowest BCUT2D eigenvalue weighted by Gasteiger charge is -2.14. The van der Waals surface area contributed by atoms with Gasteiger partial charge in [0, 0.05) is 18.5 Å². The number of aryl methyl sites for hydroxylation is 2. The Morgan fingerprint density at radius 2 is 1.74 bits per heavy atom. The van der Waals surface area contributed by atoms with Crippen LogP contribution in [0.4, 0.5) is 0 Å². The van der Waals surface area contributed by atoms with Gasteiger partial charge in [0.05, 0.1) is 6.76 Å². The zero-order valence-electron chi connectivity index (χ0n) is 16.0. The van der Waals surface area contributed by atoms with Crippen molar-refractivity contribution in [2.75, 3.05) is 0 Å². The van der Waals surface area contributed by atoms with E-state index in [2.05, 4.69) is 75.7 Å². The lowest BCUT2D eigenvalue weighted by molar-refractivity contribution is -0.665. The molecule has 0 radical (unpaired) electrons. The van der Waals surface area contributed by atoms with E-state index in [0.29, 0.717) is 12.0 Å². The van der Waals surface area contributed by atoms with Crippen LogP contribution < -0.4 is 4.57 Å². The molecular weight excluding hydrogens is 278 g/mol. The van der Waals surface area contributed by atoms with Gasteiger partial charge in [0.15, 0.2) is 5.69 Å². The number of aromatic nitrogens is 1. The van der Waals surface area contributed by atoms with E-state index in [1.165, 1.54) is 33.3 Å². The van der Waals surface area contributed by atoms with Crippen molar-refractivity contribution in [3.63, 3.8) is 0 Å². The van der Waals surface area contributed by atoms with Crippen LogP contribution in [0.3, 0.4) is 0 Å². The smallest absolute Gasteiger partial charge is 0.198 e. The summed E-state index contributed by atoms with van der Waals surface area (Å²) in [5, 5.41) is 2.27. The summed E-state index contributed by atoms with van der Waals surface area (Å²) in [5.41, 5.74) is 7.26. The van der Waals surface area contributed by atoms with Gasteiger partial charge in [-0.3, -0.25) is 0 Å². The molecule has 0 saturated carbocycles. The number of hydrogen-bond acceptors (Lipinski definition) is 0. The van der Waals surface area contributed by atoms with Gasteiger partial charge >= 0.3 is 0 Å². The molecule has 1 heterocycles. The molecule has 0 saturated heterocycles. The normalized spacial score (nSPS) is 12.0. The van der Waals surface area contributed by atoms with Crippen molar-refractivity contribution in [2.45, 2.75) is 40.5 Å². The van der Waals surface area contributed by atoms with Gasteiger partial charge in [-0.1, -0.05) is 43.7 Å². The molecule has 2 aromatic carbocycles. The largest absolute Gasteiger partial charge is 0.220 e. The molecule has 0 aliphatic carbocycles. The van der Waals surface area contributed by atoms with E-state index >= 15 is 0 Å². The van der Waals surface area contributed by atoms with Crippen molar-refractivity contribution in [3.8, 4) is 11.3 Å². The molecule has 3 aromatic rings. The van der Waals surface area contributed by atoms with Gasteiger partial charge < -0.3 is 0 Å². The minimum Gasteiger partial charge on any atom is -0.198 e. The second-order valence-corrected chi connectivity index (χ2v) is 6.86. The average Bonchev–Trinajstić information content (AvgIpc) is 2.55. The summed E-state index contributed by atoms with van der Waals surface area (Å²) in [6.07, 6.45) is 0. The number of pyridine rings is 1. The van der Waals surface area contributed by atoms with E-state index in [9.17, 15) is 0 Å². The monoisotopic (exact) mass is 305 g/mol. The summed E-state index contributed by atoms with van der Waals surface area (Å²) in [6.45, 7) is 10.8. The Balaban J connectivity index is 2.53. The molecule has 0 bridgehead atoms. The molecule has 0 N–H and O–H groups in total. The Morgan fingerprint density at radius 1 is 1.00 bits per heavy atom. The van der Waals surface area contributed by atoms with Crippen molar-refractivity contribution in [1.82, 2.24) is 0 Å². The summed E-state index contributed by atoms with van der Waals surface area (Å²) >= 11 is 0. The SMILES string of the molecule is [2H]c1c(C)[n+](C)c(-c2cc(C)ccc2C)c2cccc(C(C)C)c12. The minimum absolute atomic E-state index is 0.399. The Morgan fingerprint density at radius 3 is 2.43 bits per heavy atom. The third-order valence-electron chi connectivity index (χ3n) is 4.77. The van der Waals surface area contributed by atoms with E-state index in [4.69, 9.17) is 1.37 Å². The number of nitrogens with zero attached hydrogens (tertiary/aromatic N) is 1. The first kappa shape index (κ1) is 14.4. The van der Waals surface area contributed by atoms with Crippen LogP contribution in [0.15, 0.2) is 42.4 Å². The molecule has 3 rings (SSSR count). The molecule has 118 valence electrons. The standard InChI is InChI=1S/C22H26N/c1-14(2)18-8-7-9-19-21(18)13-17(5)23(6)22(19)20-12-15(3)10-11-16(20)4/h7-14H,1-6H3/q+1/i13D. The van der Waals surface area contributed by atoms with E-state index in [0.717, 1.165) is 11.1 Å². The topological polar surface area (TPSA) is 3.88 Å². The molecule has 1 nitrogen and oxygen atoms in total. The fourth-order valence-corrected chi connectivity index (χ4v) is 3.32. The highest BCUT2D eigenvalue weighted by molar-refractivity contribution is 5.96. The summed E-state index contributed by atoms with van der Waals surface area (Å²) < 4.78 is 10.9. The molecular formula is C22H26N+. The molecule has 0 atom stereocenters. The van der Waals surface area contributed by atoms with E-state index in [-0.39, 0.29) is 0 Å². The first-order chi connectivity index (χ1) is 11.3. The molecule has 0 amide bonds. The molecule has 0 aliphatic rings. The van der Waals surface area contributed by atoms with E-state index < -0.39 is 0 Å². The van der Waals surface area contributed by atoms with Crippen LogP contribution in [-0.4, -0.2) is 0 Å². The van der Waals surface area contributed by atoms with E-state index in [1.807, 2.05) is 6.92 Å². The minimum atomic E-state index is 0.399. The van der Waals surface area contributed by atoms with Crippen LogP contribution in [0.25, 0.3) is 22.0 Å². The van der Waals surface area contributed by atoms with Crippen molar-refractivity contribution in [2.24, 2.45) is 7.05 Å². The fraction of sp³-hybridized carbons (Fsp3) is 0.318. The molecule has 0 spiro atoms. The van der Waals surface area contributed by atoms with Crippen molar-refractivity contribution >= 4 is 10.8 Å². The average molecular weight is 305 g/mol. The second kappa shape index (κ2) is 5.81. The summed E-state index contributed by atoms with van der Waals surface area (Å²) in [4.78, 5) is 0. The zero-order valence-corrected chi connectivity index (χ0v) is 15.0. The molecule has 23 heavy (non-hydrogen) atoms. The van der Waals surface area contributed by atoms with Gasteiger partial charge in [0.2, 0.25) is 5.69 Å². The summed E-state index contributed by atoms with van der Waals surface area (Å²) in [7, 11) is 2.08. The van der Waals surface area contributed by atoms with Crippen LogP contribution in [0, 0.1) is 20.8 Å². The van der Waals surface area contributed by atoms with Crippen LogP contribution in [0.5, 0.6) is 0 Å². The van der Waals surface area contributed by atoms with Gasteiger partial charge in [-0.05, 0) is 48.4 Å².